The Morgan fingerprint density at radius 1 is 0.846 bits per heavy atom. The Morgan fingerprint density at radius 2 is 1.38 bits per heavy atom. The lowest BCUT2D eigenvalue weighted by molar-refractivity contribution is 0.201. The fourth-order valence-corrected chi connectivity index (χ4v) is 2.24. The van der Waals surface area contributed by atoms with Gasteiger partial charge in [-0.15, -0.1) is 0 Å². The molecule has 0 radical (unpaired) electrons. The van der Waals surface area contributed by atoms with Crippen molar-refractivity contribution in [3.63, 3.8) is 0 Å². The Hall–Kier alpha value is -0.530. The Bertz CT molecular complexity index is 740. The van der Waals surface area contributed by atoms with Crippen LogP contribution in [0.3, 0.4) is 0 Å². The van der Waals surface area contributed by atoms with Crippen LogP contribution in [0.25, 0.3) is 12.2 Å². The fourth-order valence-electron chi connectivity index (χ4n) is 1.73. The molecule has 0 spiro atoms. The second kappa shape index (κ2) is 9.11. The van der Waals surface area contributed by atoms with Crippen LogP contribution in [0.5, 0.6) is 5.75 Å². The van der Waals surface area contributed by atoms with Crippen molar-refractivity contribution in [3.8, 4) is 5.75 Å². The number of hydrogen-bond acceptors (Lipinski definition) is 5. The minimum Gasteiger partial charge on any atom is -0.491 e. The standard InChI is InChI=1S/C15H11Cl6N3O2/c16-14(17,18)12-22-11(23-13(24-12)15(19,20)21)6-3-9-1-4-10(5-2-9)26-8-7-25/h1-6,25H,7-8H2. The molecule has 0 saturated heterocycles. The molecule has 0 aliphatic carbocycles. The molecule has 0 saturated carbocycles. The molecule has 0 aliphatic heterocycles. The molecule has 1 aromatic heterocycles. The summed E-state index contributed by atoms with van der Waals surface area (Å²) >= 11 is 34.9. The molecule has 0 bridgehead atoms. The molecule has 1 heterocycles. The molecule has 11 heteroatoms. The number of ether oxygens (including phenoxy) is 1. The first kappa shape index (κ1) is 21.8. The van der Waals surface area contributed by atoms with Crippen molar-refractivity contribution in [2.75, 3.05) is 13.2 Å². The predicted molar refractivity (Wildman–Crippen MR) is 106 cm³/mol. The highest BCUT2D eigenvalue weighted by Crippen LogP contribution is 2.39. The zero-order valence-electron chi connectivity index (χ0n) is 12.8. The normalized spacial score (nSPS) is 12.6. The summed E-state index contributed by atoms with van der Waals surface area (Å²) in [4.78, 5) is 12.0. The minimum absolute atomic E-state index is 0.0574. The van der Waals surface area contributed by atoms with Gasteiger partial charge in [-0.1, -0.05) is 87.8 Å². The number of aliphatic hydroxyl groups is 1. The number of benzene rings is 1. The van der Waals surface area contributed by atoms with Crippen molar-refractivity contribution >= 4 is 81.8 Å². The average molecular weight is 478 g/mol. The van der Waals surface area contributed by atoms with Gasteiger partial charge in [-0.25, -0.2) is 15.0 Å². The highest BCUT2D eigenvalue weighted by atomic mass is 35.6. The maximum atomic E-state index is 8.74. The number of halogens is 6. The van der Waals surface area contributed by atoms with Crippen LogP contribution in [0.15, 0.2) is 24.3 Å². The van der Waals surface area contributed by atoms with Crippen LogP contribution in [0.4, 0.5) is 0 Å². The van der Waals surface area contributed by atoms with E-state index in [4.69, 9.17) is 79.4 Å². The summed E-state index contributed by atoms with van der Waals surface area (Å²) in [6, 6.07) is 7.11. The van der Waals surface area contributed by atoms with E-state index in [1.54, 1.807) is 36.4 Å². The van der Waals surface area contributed by atoms with Crippen molar-refractivity contribution in [2.24, 2.45) is 0 Å². The second-order valence-corrected chi connectivity index (χ2v) is 9.37. The van der Waals surface area contributed by atoms with Crippen molar-refractivity contribution in [1.82, 2.24) is 15.0 Å². The Labute approximate surface area is 179 Å². The van der Waals surface area contributed by atoms with Crippen molar-refractivity contribution in [1.29, 1.82) is 0 Å². The zero-order chi connectivity index (χ0) is 19.4. The van der Waals surface area contributed by atoms with Crippen molar-refractivity contribution in [3.05, 3.63) is 47.3 Å². The lowest BCUT2D eigenvalue weighted by Gasteiger charge is -2.14. The summed E-state index contributed by atoms with van der Waals surface area (Å²) in [7, 11) is 0. The van der Waals surface area contributed by atoms with E-state index in [1.165, 1.54) is 0 Å². The lowest BCUT2D eigenvalue weighted by Crippen LogP contribution is -2.16. The second-order valence-electron chi connectivity index (χ2n) is 4.81. The van der Waals surface area contributed by atoms with E-state index < -0.39 is 7.59 Å². The third-order valence-electron chi connectivity index (χ3n) is 2.82. The number of hydrogen-bond donors (Lipinski definition) is 1. The van der Waals surface area contributed by atoms with Crippen LogP contribution in [0, 0.1) is 0 Å². The molecule has 0 amide bonds. The van der Waals surface area contributed by atoms with Gasteiger partial charge in [0.05, 0.1) is 6.61 Å². The van der Waals surface area contributed by atoms with Gasteiger partial charge in [0.15, 0.2) is 17.5 Å². The largest absolute Gasteiger partial charge is 0.491 e. The van der Waals surface area contributed by atoms with Gasteiger partial charge in [-0.05, 0) is 23.8 Å². The highest BCUT2D eigenvalue weighted by molar-refractivity contribution is 6.67. The molecule has 0 aliphatic rings. The lowest BCUT2D eigenvalue weighted by atomic mass is 10.2. The van der Waals surface area contributed by atoms with E-state index in [2.05, 4.69) is 15.0 Å². The van der Waals surface area contributed by atoms with E-state index in [-0.39, 0.29) is 30.7 Å². The van der Waals surface area contributed by atoms with Crippen LogP contribution < -0.4 is 4.74 Å². The van der Waals surface area contributed by atoms with Gasteiger partial charge in [-0.2, -0.15) is 0 Å². The van der Waals surface area contributed by atoms with Crippen LogP contribution in [-0.4, -0.2) is 33.3 Å². The SMILES string of the molecule is OCCOc1ccc(C=Cc2nc(C(Cl)(Cl)Cl)nc(C(Cl)(Cl)Cl)n2)cc1. The summed E-state index contributed by atoms with van der Waals surface area (Å²) in [6.45, 7) is 0.164. The first-order valence-electron chi connectivity index (χ1n) is 7.02. The third kappa shape index (κ3) is 6.57. The van der Waals surface area contributed by atoms with E-state index in [9.17, 15) is 0 Å². The number of rotatable bonds is 5. The van der Waals surface area contributed by atoms with E-state index in [0.717, 1.165) is 5.56 Å². The number of alkyl halides is 6. The molecule has 140 valence electrons. The first-order valence-corrected chi connectivity index (χ1v) is 9.28. The van der Waals surface area contributed by atoms with Crippen molar-refractivity contribution in [2.45, 2.75) is 7.59 Å². The van der Waals surface area contributed by atoms with E-state index >= 15 is 0 Å². The smallest absolute Gasteiger partial charge is 0.250 e. The minimum atomic E-state index is -1.90. The monoisotopic (exact) mass is 475 g/mol. The average Bonchev–Trinajstić information content (AvgIpc) is 2.57. The third-order valence-corrected chi connectivity index (χ3v) is 3.84. The number of aromatic nitrogens is 3. The number of nitrogens with zero attached hydrogens (tertiary/aromatic N) is 3. The summed E-state index contributed by atoms with van der Waals surface area (Å²) in [5.74, 6) is 0.467. The van der Waals surface area contributed by atoms with Crippen LogP contribution >= 0.6 is 69.6 Å². The highest BCUT2D eigenvalue weighted by Gasteiger charge is 2.33. The molecule has 2 rings (SSSR count). The van der Waals surface area contributed by atoms with Gasteiger partial charge in [0.2, 0.25) is 7.59 Å². The molecule has 0 atom stereocenters. The van der Waals surface area contributed by atoms with Gasteiger partial charge in [0, 0.05) is 0 Å². The van der Waals surface area contributed by atoms with Gasteiger partial charge >= 0.3 is 0 Å². The number of aliphatic hydroxyl groups excluding tert-OH is 1. The van der Waals surface area contributed by atoms with Gasteiger partial charge in [-0.3, -0.25) is 0 Å². The topological polar surface area (TPSA) is 68.1 Å². The molecule has 2 aromatic rings. The molecular formula is C15H11Cl6N3O2. The van der Waals surface area contributed by atoms with Gasteiger partial charge < -0.3 is 9.84 Å². The Morgan fingerprint density at radius 3 is 1.85 bits per heavy atom. The predicted octanol–water partition coefficient (Wildman–Crippen LogP) is 5.07. The summed E-state index contributed by atoms with van der Waals surface area (Å²) in [5.41, 5.74) is 0.827. The molecule has 1 N–H and O–H groups in total. The fraction of sp³-hybridized carbons (Fsp3) is 0.267. The van der Waals surface area contributed by atoms with Crippen LogP contribution in [0.2, 0.25) is 0 Å². The molecule has 26 heavy (non-hydrogen) atoms. The molecule has 1 aromatic carbocycles. The van der Waals surface area contributed by atoms with Crippen molar-refractivity contribution < 1.29 is 9.84 Å². The first-order chi connectivity index (χ1) is 12.1. The van der Waals surface area contributed by atoms with E-state index in [1.807, 2.05) is 0 Å². The maximum Gasteiger partial charge on any atom is 0.250 e. The molecule has 5 nitrogen and oxygen atoms in total. The van der Waals surface area contributed by atoms with Crippen LogP contribution in [-0.2, 0) is 7.59 Å². The zero-order valence-corrected chi connectivity index (χ0v) is 17.4. The summed E-state index contributed by atoms with van der Waals surface area (Å²) in [5, 5.41) is 8.74. The maximum absolute atomic E-state index is 8.74. The molecular weight excluding hydrogens is 467 g/mol. The quantitative estimate of drug-likeness (QED) is 0.609. The van der Waals surface area contributed by atoms with Gasteiger partial charge in [0.1, 0.15) is 12.4 Å². The Balaban J connectivity index is 2.28. The molecule has 0 fully saturated rings. The summed E-state index contributed by atoms with van der Waals surface area (Å²) < 4.78 is 1.48. The molecule has 0 unspecified atom stereocenters. The van der Waals surface area contributed by atoms with Crippen LogP contribution in [0.1, 0.15) is 23.0 Å². The van der Waals surface area contributed by atoms with Gasteiger partial charge in [0.25, 0.3) is 0 Å². The Kier molecular flexibility index (Phi) is 7.62. The van der Waals surface area contributed by atoms with E-state index in [0.29, 0.717) is 5.75 Å². The summed E-state index contributed by atoms with van der Waals surface area (Å²) in [6.07, 6.45) is 3.28.